The SMILES string of the molecule is COc1cccc(C(O)C(C)(C)C)c1N. The van der Waals surface area contributed by atoms with Crippen molar-refractivity contribution in [3.05, 3.63) is 23.8 Å². The number of aliphatic hydroxyl groups excluding tert-OH is 1. The van der Waals surface area contributed by atoms with Gasteiger partial charge in [-0.15, -0.1) is 0 Å². The molecule has 0 radical (unpaired) electrons. The van der Waals surface area contributed by atoms with Crippen LogP contribution in [0.4, 0.5) is 5.69 Å². The second-order valence-electron chi connectivity index (χ2n) is 4.73. The highest BCUT2D eigenvalue weighted by atomic mass is 16.5. The number of para-hydroxylation sites is 1. The third-order valence-corrected chi connectivity index (χ3v) is 2.43. The fraction of sp³-hybridized carbons (Fsp3) is 0.500. The Hall–Kier alpha value is -1.22. The minimum Gasteiger partial charge on any atom is -0.495 e. The van der Waals surface area contributed by atoms with Crippen LogP contribution in [-0.2, 0) is 0 Å². The van der Waals surface area contributed by atoms with Gasteiger partial charge in [-0.2, -0.15) is 0 Å². The molecule has 0 saturated carbocycles. The minimum atomic E-state index is -0.590. The molecule has 0 heterocycles. The van der Waals surface area contributed by atoms with E-state index in [1.807, 2.05) is 32.9 Å². The predicted molar refractivity (Wildman–Crippen MR) is 61.8 cm³/mol. The van der Waals surface area contributed by atoms with Gasteiger partial charge in [0.15, 0.2) is 0 Å². The lowest BCUT2D eigenvalue weighted by Gasteiger charge is -2.27. The molecule has 1 aromatic rings. The Morgan fingerprint density at radius 2 is 1.93 bits per heavy atom. The summed E-state index contributed by atoms with van der Waals surface area (Å²) < 4.78 is 5.11. The number of rotatable bonds is 2. The lowest BCUT2D eigenvalue weighted by molar-refractivity contribution is 0.0631. The Morgan fingerprint density at radius 3 is 2.40 bits per heavy atom. The third-order valence-electron chi connectivity index (χ3n) is 2.43. The summed E-state index contributed by atoms with van der Waals surface area (Å²) in [5.74, 6) is 0.607. The molecule has 0 aliphatic heterocycles. The zero-order valence-electron chi connectivity index (χ0n) is 9.74. The quantitative estimate of drug-likeness (QED) is 0.735. The second kappa shape index (κ2) is 4.11. The Kier molecular flexibility index (Phi) is 3.25. The summed E-state index contributed by atoms with van der Waals surface area (Å²) in [6.07, 6.45) is -0.590. The standard InChI is InChI=1S/C12H19NO2/c1-12(2,3)11(14)8-6-5-7-9(15-4)10(8)13/h5-7,11,14H,13H2,1-4H3. The molecule has 84 valence electrons. The summed E-state index contributed by atoms with van der Waals surface area (Å²) in [6.45, 7) is 5.91. The van der Waals surface area contributed by atoms with Crippen molar-refractivity contribution < 1.29 is 9.84 Å². The summed E-state index contributed by atoms with van der Waals surface area (Å²) in [7, 11) is 1.57. The number of nitrogen functional groups attached to an aromatic ring is 1. The summed E-state index contributed by atoms with van der Waals surface area (Å²) >= 11 is 0. The van der Waals surface area contributed by atoms with Crippen LogP contribution in [0, 0.1) is 5.41 Å². The van der Waals surface area contributed by atoms with Crippen molar-refractivity contribution in [2.45, 2.75) is 26.9 Å². The van der Waals surface area contributed by atoms with Gasteiger partial charge in [0.1, 0.15) is 5.75 Å². The van der Waals surface area contributed by atoms with Crippen LogP contribution in [-0.4, -0.2) is 12.2 Å². The fourth-order valence-electron chi connectivity index (χ4n) is 1.44. The van der Waals surface area contributed by atoms with Crippen molar-refractivity contribution in [3.63, 3.8) is 0 Å². The zero-order chi connectivity index (χ0) is 11.6. The molecule has 15 heavy (non-hydrogen) atoms. The molecular weight excluding hydrogens is 190 g/mol. The fourth-order valence-corrected chi connectivity index (χ4v) is 1.44. The topological polar surface area (TPSA) is 55.5 Å². The molecule has 1 rings (SSSR count). The first-order chi connectivity index (χ1) is 6.88. The van der Waals surface area contributed by atoms with Gasteiger partial charge in [-0.1, -0.05) is 32.9 Å². The Balaban J connectivity index is 3.15. The Morgan fingerprint density at radius 1 is 1.33 bits per heavy atom. The number of nitrogens with two attached hydrogens (primary N) is 1. The van der Waals surface area contributed by atoms with E-state index in [2.05, 4.69) is 0 Å². The molecule has 3 N–H and O–H groups in total. The van der Waals surface area contributed by atoms with E-state index in [0.29, 0.717) is 11.4 Å². The zero-order valence-corrected chi connectivity index (χ0v) is 9.74. The molecular formula is C12H19NO2. The average Bonchev–Trinajstić information content (AvgIpc) is 2.16. The van der Waals surface area contributed by atoms with Gasteiger partial charge in [0.2, 0.25) is 0 Å². The molecule has 1 aromatic carbocycles. The summed E-state index contributed by atoms with van der Waals surface area (Å²) in [5, 5.41) is 10.1. The maximum absolute atomic E-state index is 10.1. The Bertz CT molecular complexity index is 342. The van der Waals surface area contributed by atoms with E-state index in [0.717, 1.165) is 5.56 Å². The first kappa shape index (κ1) is 11.9. The van der Waals surface area contributed by atoms with Crippen LogP contribution in [0.2, 0.25) is 0 Å². The highest BCUT2D eigenvalue weighted by Crippen LogP contribution is 2.38. The smallest absolute Gasteiger partial charge is 0.142 e. The van der Waals surface area contributed by atoms with Crippen molar-refractivity contribution >= 4 is 5.69 Å². The van der Waals surface area contributed by atoms with Crippen LogP contribution in [0.5, 0.6) is 5.75 Å². The monoisotopic (exact) mass is 209 g/mol. The lowest BCUT2D eigenvalue weighted by atomic mass is 9.84. The average molecular weight is 209 g/mol. The predicted octanol–water partition coefficient (Wildman–Crippen LogP) is 2.36. The number of benzene rings is 1. The van der Waals surface area contributed by atoms with Gasteiger partial charge in [-0.05, 0) is 11.5 Å². The summed E-state index contributed by atoms with van der Waals surface area (Å²) in [5.41, 5.74) is 6.91. The van der Waals surface area contributed by atoms with Crippen LogP contribution >= 0.6 is 0 Å². The molecule has 3 nitrogen and oxygen atoms in total. The highest BCUT2D eigenvalue weighted by Gasteiger charge is 2.26. The molecule has 1 atom stereocenters. The van der Waals surface area contributed by atoms with Crippen molar-refractivity contribution in [2.75, 3.05) is 12.8 Å². The molecule has 0 aromatic heterocycles. The van der Waals surface area contributed by atoms with Crippen molar-refractivity contribution in [2.24, 2.45) is 5.41 Å². The van der Waals surface area contributed by atoms with Gasteiger partial charge in [-0.25, -0.2) is 0 Å². The van der Waals surface area contributed by atoms with Gasteiger partial charge in [0, 0.05) is 5.56 Å². The molecule has 0 amide bonds. The third kappa shape index (κ3) is 2.42. The van der Waals surface area contributed by atoms with E-state index in [9.17, 15) is 5.11 Å². The second-order valence-corrected chi connectivity index (χ2v) is 4.73. The number of hydrogen-bond donors (Lipinski definition) is 2. The van der Waals surface area contributed by atoms with Crippen LogP contribution in [0.15, 0.2) is 18.2 Å². The van der Waals surface area contributed by atoms with Crippen molar-refractivity contribution in [3.8, 4) is 5.75 Å². The van der Waals surface area contributed by atoms with E-state index < -0.39 is 6.10 Å². The molecule has 0 bridgehead atoms. The molecule has 0 aliphatic carbocycles. The van der Waals surface area contributed by atoms with Gasteiger partial charge in [-0.3, -0.25) is 0 Å². The van der Waals surface area contributed by atoms with Gasteiger partial charge in [0.25, 0.3) is 0 Å². The molecule has 0 spiro atoms. The number of anilines is 1. The van der Waals surface area contributed by atoms with Crippen molar-refractivity contribution in [1.82, 2.24) is 0 Å². The maximum atomic E-state index is 10.1. The molecule has 1 unspecified atom stereocenters. The number of methoxy groups -OCH3 is 1. The Labute approximate surface area is 90.9 Å². The van der Waals surface area contributed by atoms with Crippen LogP contribution in [0.1, 0.15) is 32.4 Å². The normalized spacial score (nSPS) is 13.7. The van der Waals surface area contributed by atoms with Crippen LogP contribution in [0.25, 0.3) is 0 Å². The first-order valence-electron chi connectivity index (χ1n) is 4.98. The maximum Gasteiger partial charge on any atom is 0.142 e. The largest absolute Gasteiger partial charge is 0.495 e. The van der Waals surface area contributed by atoms with E-state index in [1.54, 1.807) is 13.2 Å². The van der Waals surface area contributed by atoms with E-state index in [4.69, 9.17) is 10.5 Å². The van der Waals surface area contributed by atoms with E-state index in [-0.39, 0.29) is 5.41 Å². The van der Waals surface area contributed by atoms with Gasteiger partial charge < -0.3 is 15.6 Å². The van der Waals surface area contributed by atoms with Gasteiger partial charge >= 0.3 is 0 Å². The first-order valence-corrected chi connectivity index (χ1v) is 4.98. The van der Waals surface area contributed by atoms with Crippen LogP contribution in [0.3, 0.4) is 0 Å². The molecule has 3 heteroatoms. The minimum absolute atomic E-state index is 0.236. The number of ether oxygens (including phenoxy) is 1. The molecule has 0 saturated heterocycles. The number of aliphatic hydroxyl groups is 1. The molecule has 0 aliphatic rings. The van der Waals surface area contributed by atoms with E-state index in [1.165, 1.54) is 0 Å². The summed E-state index contributed by atoms with van der Waals surface area (Å²) in [6, 6.07) is 5.45. The number of hydrogen-bond acceptors (Lipinski definition) is 3. The van der Waals surface area contributed by atoms with E-state index >= 15 is 0 Å². The van der Waals surface area contributed by atoms with Crippen LogP contribution < -0.4 is 10.5 Å². The highest BCUT2D eigenvalue weighted by molar-refractivity contribution is 5.59. The van der Waals surface area contributed by atoms with Gasteiger partial charge in [0.05, 0.1) is 18.9 Å². The lowest BCUT2D eigenvalue weighted by Crippen LogP contribution is -2.19. The summed E-state index contributed by atoms with van der Waals surface area (Å²) in [4.78, 5) is 0. The molecule has 0 fully saturated rings. The van der Waals surface area contributed by atoms with Crippen molar-refractivity contribution in [1.29, 1.82) is 0 Å².